The van der Waals surface area contributed by atoms with Gasteiger partial charge >= 0.3 is 0 Å². The molecule has 3 unspecified atom stereocenters. The number of hydrogen-bond acceptors (Lipinski definition) is 2. The molecule has 4 heteroatoms. The SMILES string of the molecule is NC1CCN(C(=O)C2CC2c2c(Cl)cccc2-c2ccccc2)C1. The highest BCUT2D eigenvalue weighted by Crippen LogP contribution is 2.53. The summed E-state index contributed by atoms with van der Waals surface area (Å²) in [6.45, 7) is 1.48. The van der Waals surface area contributed by atoms with Gasteiger partial charge in [0, 0.05) is 30.1 Å². The maximum atomic E-state index is 12.7. The van der Waals surface area contributed by atoms with Crippen LogP contribution < -0.4 is 5.73 Å². The Kier molecular flexibility index (Phi) is 4.07. The topological polar surface area (TPSA) is 46.3 Å². The Labute approximate surface area is 147 Å². The van der Waals surface area contributed by atoms with Gasteiger partial charge in [-0.2, -0.15) is 0 Å². The van der Waals surface area contributed by atoms with Crippen molar-refractivity contribution in [2.24, 2.45) is 11.7 Å². The van der Waals surface area contributed by atoms with Gasteiger partial charge < -0.3 is 10.6 Å². The first-order valence-corrected chi connectivity index (χ1v) is 8.91. The predicted molar refractivity (Wildman–Crippen MR) is 96.9 cm³/mol. The van der Waals surface area contributed by atoms with Gasteiger partial charge in [-0.15, -0.1) is 0 Å². The number of halogens is 1. The standard InChI is InChI=1S/C20H21ClN2O/c21-18-8-4-7-15(13-5-2-1-3-6-13)19(18)16-11-17(16)20(24)23-10-9-14(22)12-23/h1-8,14,16-17H,9-12,22H2. The van der Waals surface area contributed by atoms with E-state index in [2.05, 4.69) is 18.2 Å². The van der Waals surface area contributed by atoms with Crippen LogP contribution in [0.2, 0.25) is 5.02 Å². The number of nitrogens with two attached hydrogens (primary N) is 1. The zero-order valence-electron chi connectivity index (χ0n) is 13.5. The van der Waals surface area contributed by atoms with Crippen LogP contribution in [-0.2, 0) is 4.79 Å². The second-order valence-corrected chi connectivity index (χ2v) is 7.26. The van der Waals surface area contributed by atoms with E-state index in [4.69, 9.17) is 17.3 Å². The molecule has 2 fully saturated rings. The molecule has 0 radical (unpaired) electrons. The van der Waals surface area contributed by atoms with Crippen molar-refractivity contribution in [3.05, 3.63) is 59.1 Å². The third kappa shape index (κ3) is 2.83. The van der Waals surface area contributed by atoms with Gasteiger partial charge in [0.2, 0.25) is 5.91 Å². The van der Waals surface area contributed by atoms with E-state index in [1.165, 1.54) is 0 Å². The fraction of sp³-hybridized carbons (Fsp3) is 0.350. The molecule has 0 spiro atoms. The van der Waals surface area contributed by atoms with Gasteiger partial charge in [-0.3, -0.25) is 4.79 Å². The molecule has 4 rings (SSSR count). The van der Waals surface area contributed by atoms with E-state index in [1.807, 2.05) is 35.2 Å². The molecular formula is C20H21ClN2O. The quantitative estimate of drug-likeness (QED) is 0.926. The van der Waals surface area contributed by atoms with E-state index in [-0.39, 0.29) is 23.8 Å². The van der Waals surface area contributed by atoms with Crippen molar-refractivity contribution in [1.29, 1.82) is 0 Å². The van der Waals surface area contributed by atoms with Gasteiger partial charge in [0.05, 0.1) is 0 Å². The lowest BCUT2D eigenvalue weighted by Gasteiger charge is -2.17. The first-order chi connectivity index (χ1) is 11.6. The molecule has 0 bridgehead atoms. The number of amides is 1. The molecule has 24 heavy (non-hydrogen) atoms. The number of carbonyl (C=O) groups is 1. The molecule has 1 saturated carbocycles. The largest absolute Gasteiger partial charge is 0.341 e. The Morgan fingerprint density at radius 1 is 1.12 bits per heavy atom. The summed E-state index contributed by atoms with van der Waals surface area (Å²) in [6.07, 6.45) is 1.79. The van der Waals surface area contributed by atoms with Crippen molar-refractivity contribution in [1.82, 2.24) is 4.90 Å². The highest BCUT2D eigenvalue weighted by molar-refractivity contribution is 6.32. The zero-order valence-corrected chi connectivity index (χ0v) is 14.2. The van der Waals surface area contributed by atoms with Crippen LogP contribution in [-0.4, -0.2) is 29.9 Å². The van der Waals surface area contributed by atoms with Crippen molar-refractivity contribution >= 4 is 17.5 Å². The number of hydrogen-bond donors (Lipinski definition) is 1. The molecule has 2 N–H and O–H groups in total. The third-order valence-corrected chi connectivity index (χ3v) is 5.48. The predicted octanol–water partition coefficient (Wildman–Crippen LogP) is 3.67. The van der Waals surface area contributed by atoms with Crippen LogP contribution in [0.3, 0.4) is 0 Å². The Bertz CT molecular complexity index is 761. The molecule has 1 aliphatic heterocycles. The average molecular weight is 341 g/mol. The molecule has 2 aliphatic rings. The number of likely N-dealkylation sites (tertiary alicyclic amines) is 1. The monoisotopic (exact) mass is 340 g/mol. The Morgan fingerprint density at radius 3 is 2.62 bits per heavy atom. The fourth-order valence-corrected chi connectivity index (χ4v) is 4.11. The van der Waals surface area contributed by atoms with E-state index in [0.29, 0.717) is 6.54 Å². The first kappa shape index (κ1) is 15.7. The molecule has 3 atom stereocenters. The summed E-state index contributed by atoms with van der Waals surface area (Å²) >= 11 is 6.52. The lowest BCUT2D eigenvalue weighted by atomic mass is 9.95. The summed E-state index contributed by atoms with van der Waals surface area (Å²) < 4.78 is 0. The first-order valence-electron chi connectivity index (χ1n) is 8.53. The lowest BCUT2D eigenvalue weighted by molar-refractivity contribution is -0.131. The van der Waals surface area contributed by atoms with E-state index in [1.54, 1.807) is 0 Å². The van der Waals surface area contributed by atoms with Crippen LogP contribution in [0.15, 0.2) is 48.5 Å². The highest BCUT2D eigenvalue weighted by atomic mass is 35.5. The Hall–Kier alpha value is -1.84. The van der Waals surface area contributed by atoms with Crippen molar-refractivity contribution in [2.75, 3.05) is 13.1 Å². The molecule has 1 aliphatic carbocycles. The summed E-state index contributed by atoms with van der Waals surface area (Å²) in [5, 5.41) is 0.759. The molecular weight excluding hydrogens is 320 g/mol. The van der Waals surface area contributed by atoms with E-state index in [0.717, 1.165) is 41.1 Å². The van der Waals surface area contributed by atoms with Gasteiger partial charge in [-0.25, -0.2) is 0 Å². The van der Waals surface area contributed by atoms with Crippen molar-refractivity contribution < 1.29 is 4.79 Å². The minimum absolute atomic E-state index is 0.0534. The van der Waals surface area contributed by atoms with Gasteiger partial charge in [-0.05, 0) is 41.5 Å². The third-order valence-electron chi connectivity index (χ3n) is 5.15. The normalized spacial score (nSPS) is 25.8. The molecule has 3 nitrogen and oxygen atoms in total. The van der Waals surface area contributed by atoms with Gasteiger partial charge in [0.1, 0.15) is 0 Å². The molecule has 2 aromatic carbocycles. The molecule has 1 saturated heterocycles. The Balaban J connectivity index is 1.61. The summed E-state index contributed by atoms with van der Waals surface area (Å²) in [5.74, 6) is 0.516. The van der Waals surface area contributed by atoms with Crippen LogP contribution >= 0.6 is 11.6 Å². The van der Waals surface area contributed by atoms with Gasteiger partial charge in [0.25, 0.3) is 0 Å². The minimum Gasteiger partial charge on any atom is -0.341 e. The molecule has 124 valence electrons. The number of rotatable bonds is 3. The highest BCUT2D eigenvalue weighted by Gasteiger charge is 2.48. The van der Waals surface area contributed by atoms with Crippen molar-refractivity contribution in [2.45, 2.75) is 24.8 Å². The minimum atomic E-state index is 0.0534. The zero-order chi connectivity index (χ0) is 16.7. The van der Waals surface area contributed by atoms with Crippen LogP contribution in [0.25, 0.3) is 11.1 Å². The maximum Gasteiger partial charge on any atom is 0.226 e. The molecule has 2 aromatic rings. The van der Waals surface area contributed by atoms with Crippen molar-refractivity contribution in [3.63, 3.8) is 0 Å². The second kappa shape index (κ2) is 6.23. The molecule has 1 heterocycles. The van der Waals surface area contributed by atoms with E-state index in [9.17, 15) is 4.79 Å². The van der Waals surface area contributed by atoms with Crippen LogP contribution in [0, 0.1) is 5.92 Å². The maximum absolute atomic E-state index is 12.7. The molecule has 1 amide bonds. The summed E-state index contributed by atoms with van der Waals surface area (Å²) in [5.41, 5.74) is 9.35. The smallest absolute Gasteiger partial charge is 0.226 e. The summed E-state index contributed by atoms with van der Waals surface area (Å²) in [4.78, 5) is 14.6. The fourth-order valence-electron chi connectivity index (χ4n) is 3.79. The van der Waals surface area contributed by atoms with Gasteiger partial charge in [-0.1, -0.05) is 54.1 Å². The van der Waals surface area contributed by atoms with Crippen LogP contribution in [0.1, 0.15) is 24.3 Å². The number of benzene rings is 2. The van der Waals surface area contributed by atoms with E-state index >= 15 is 0 Å². The summed E-state index contributed by atoms with van der Waals surface area (Å²) in [7, 11) is 0. The van der Waals surface area contributed by atoms with E-state index < -0.39 is 0 Å². The second-order valence-electron chi connectivity index (χ2n) is 6.85. The van der Waals surface area contributed by atoms with Crippen LogP contribution in [0.4, 0.5) is 0 Å². The lowest BCUT2D eigenvalue weighted by Crippen LogP contribution is -2.33. The summed E-state index contributed by atoms with van der Waals surface area (Å²) in [6, 6.07) is 16.4. The van der Waals surface area contributed by atoms with Crippen molar-refractivity contribution in [3.8, 4) is 11.1 Å². The average Bonchev–Trinajstić information content (AvgIpc) is 3.27. The molecule has 0 aromatic heterocycles. The van der Waals surface area contributed by atoms with Crippen LogP contribution in [0.5, 0.6) is 0 Å². The number of carbonyl (C=O) groups excluding carboxylic acids is 1. The van der Waals surface area contributed by atoms with Gasteiger partial charge in [0.15, 0.2) is 0 Å². The number of nitrogens with zero attached hydrogens (tertiary/aromatic N) is 1. The Morgan fingerprint density at radius 2 is 1.92 bits per heavy atom.